The molecular formula is C19H14N6OS2. The summed E-state index contributed by atoms with van der Waals surface area (Å²) in [4.78, 5) is 16.7. The zero-order valence-corrected chi connectivity index (χ0v) is 16.5. The first-order valence-electron chi connectivity index (χ1n) is 8.69. The summed E-state index contributed by atoms with van der Waals surface area (Å²) in [6.07, 6.45) is 0.333. The lowest BCUT2D eigenvalue weighted by Crippen LogP contribution is -2.12. The number of carbonyl (C=O) groups is 1. The minimum atomic E-state index is -0.102. The summed E-state index contributed by atoms with van der Waals surface area (Å²) in [6.45, 7) is 1.85. The van der Waals surface area contributed by atoms with Gasteiger partial charge in [-0.3, -0.25) is 4.79 Å². The van der Waals surface area contributed by atoms with Crippen molar-refractivity contribution in [3.8, 4) is 22.5 Å². The van der Waals surface area contributed by atoms with E-state index in [1.807, 2.05) is 19.1 Å². The molecule has 5 rings (SSSR count). The van der Waals surface area contributed by atoms with Crippen LogP contribution in [0.4, 0.5) is 5.13 Å². The maximum Gasteiger partial charge on any atom is 0.227 e. The van der Waals surface area contributed by atoms with E-state index in [0.29, 0.717) is 22.5 Å². The van der Waals surface area contributed by atoms with Crippen LogP contribution in [0.3, 0.4) is 0 Å². The molecule has 138 valence electrons. The molecule has 0 aliphatic heterocycles. The van der Waals surface area contributed by atoms with E-state index in [4.69, 9.17) is 4.98 Å². The van der Waals surface area contributed by atoms with Crippen molar-refractivity contribution in [2.45, 2.75) is 18.5 Å². The van der Waals surface area contributed by atoms with Crippen LogP contribution in [0, 0.1) is 6.92 Å². The summed E-state index contributed by atoms with van der Waals surface area (Å²) < 4.78 is 0. The lowest BCUT2D eigenvalue weighted by atomic mass is 10.0. The normalized spacial score (nSPS) is 11.6. The number of nitrogens with zero attached hydrogens (tertiary/aromatic N) is 5. The fraction of sp³-hybridized carbons (Fsp3) is 0.158. The van der Waals surface area contributed by atoms with Gasteiger partial charge >= 0.3 is 0 Å². The topological polar surface area (TPSA) is 93.6 Å². The number of anilines is 1. The molecule has 9 heteroatoms. The standard InChI is InChI=1S/C19H14N6OS2/c1-10-22-25-19(28-10)20-14(26)8-9-27-18-21-16-12-6-2-4-11-5-3-7-13(15(11)12)17(16)23-24-18/h2-7H,8-9H2,1H3,(H,20,25,26). The van der Waals surface area contributed by atoms with Crippen molar-refractivity contribution in [1.82, 2.24) is 25.4 Å². The molecule has 28 heavy (non-hydrogen) atoms. The Balaban J connectivity index is 1.30. The number of aromatic nitrogens is 5. The minimum Gasteiger partial charge on any atom is -0.301 e. The summed E-state index contributed by atoms with van der Waals surface area (Å²) >= 11 is 2.78. The summed E-state index contributed by atoms with van der Waals surface area (Å²) in [5.41, 5.74) is 3.84. The van der Waals surface area contributed by atoms with E-state index in [9.17, 15) is 4.79 Å². The van der Waals surface area contributed by atoms with E-state index in [1.165, 1.54) is 33.9 Å². The molecule has 0 saturated carbocycles. The van der Waals surface area contributed by atoms with Crippen LogP contribution in [0.5, 0.6) is 0 Å². The molecule has 0 unspecified atom stereocenters. The number of fused-ring (bicyclic) bond motifs is 3. The van der Waals surface area contributed by atoms with E-state index in [1.54, 1.807) is 0 Å². The first-order valence-corrected chi connectivity index (χ1v) is 10.5. The molecule has 7 nitrogen and oxygen atoms in total. The Kier molecular flexibility index (Phi) is 4.25. The highest BCUT2D eigenvalue weighted by Gasteiger charge is 2.24. The van der Waals surface area contributed by atoms with Gasteiger partial charge in [0.05, 0.1) is 0 Å². The van der Waals surface area contributed by atoms with Gasteiger partial charge in [-0.05, 0) is 12.3 Å². The molecule has 2 heterocycles. The van der Waals surface area contributed by atoms with Gasteiger partial charge in [0.2, 0.25) is 16.2 Å². The van der Waals surface area contributed by atoms with Crippen molar-refractivity contribution < 1.29 is 4.79 Å². The number of hydrogen-bond acceptors (Lipinski definition) is 8. The predicted molar refractivity (Wildman–Crippen MR) is 110 cm³/mol. The minimum absolute atomic E-state index is 0.102. The quantitative estimate of drug-likeness (QED) is 0.442. The maximum absolute atomic E-state index is 12.0. The van der Waals surface area contributed by atoms with Crippen LogP contribution >= 0.6 is 23.1 Å². The third kappa shape index (κ3) is 3.02. The number of nitrogens with one attached hydrogen (secondary N) is 1. The largest absolute Gasteiger partial charge is 0.301 e. The number of rotatable bonds is 5. The smallest absolute Gasteiger partial charge is 0.227 e. The average molecular weight is 406 g/mol. The van der Waals surface area contributed by atoms with Crippen molar-refractivity contribution in [2.75, 3.05) is 11.1 Å². The summed E-state index contributed by atoms with van der Waals surface area (Å²) in [5, 5.41) is 23.5. The molecule has 1 aliphatic carbocycles. The number of hydrogen-bond donors (Lipinski definition) is 1. The van der Waals surface area contributed by atoms with E-state index in [0.717, 1.165) is 27.5 Å². The monoisotopic (exact) mass is 406 g/mol. The summed E-state index contributed by atoms with van der Waals surface area (Å²) in [5.74, 6) is 0.455. The lowest BCUT2D eigenvalue weighted by Gasteiger charge is -2.03. The highest BCUT2D eigenvalue weighted by Crippen LogP contribution is 2.44. The summed E-state index contributed by atoms with van der Waals surface area (Å²) in [7, 11) is 0. The van der Waals surface area contributed by atoms with Gasteiger partial charge in [-0.25, -0.2) is 4.98 Å². The number of benzene rings is 2. The van der Waals surface area contributed by atoms with Gasteiger partial charge < -0.3 is 5.32 Å². The molecule has 0 saturated heterocycles. The number of aryl methyl sites for hydroxylation is 1. The third-order valence-electron chi connectivity index (χ3n) is 4.41. The van der Waals surface area contributed by atoms with Gasteiger partial charge in [0.25, 0.3) is 0 Å². The second-order valence-corrected chi connectivity index (χ2v) is 8.52. The lowest BCUT2D eigenvalue weighted by molar-refractivity contribution is -0.115. The molecule has 1 aliphatic rings. The van der Waals surface area contributed by atoms with E-state index < -0.39 is 0 Å². The van der Waals surface area contributed by atoms with Crippen LogP contribution in [-0.2, 0) is 4.79 Å². The van der Waals surface area contributed by atoms with Crippen LogP contribution in [0.25, 0.3) is 33.3 Å². The molecule has 0 atom stereocenters. The Bertz CT molecular complexity index is 1220. The van der Waals surface area contributed by atoms with E-state index >= 15 is 0 Å². The van der Waals surface area contributed by atoms with Crippen LogP contribution in [-0.4, -0.2) is 37.0 Å². The van der Waals surface area contributed by atoms with Gasteiger partial charge in [0.15, 0.2) is 0 Å². The van der Waals surface area contributed by atoms with Crippen LogP contribution in [0.15, 0.2) is 41.6 Å². The molecule has 0 radical (unpaired) electrons. The number of amides is 1. The van der Waals surface area contributed by atoms with Crippen LogP contribution < -0.4 is 5.32 Å². The Morgan fingerprint density at radius 3 is 2.57 bits per heavy atom. The highest BCUT2D eigenvalue weighted by molar-refractivity contribution is 7.99. The van der Waals surface area contributed by atoms with E-state index in [-0.39, 0.29) is 5.91 Å². The second-order valence-electron chi connectivity index (χ2n) is 6.27. The maximum atomic E-state index is 12.0. The first-order chi connectivity index (χ1) is 13.7. The second kappa shape index (κ2) is 6.92. The number of thioether (sulfide) groups is 1. The Hall–Kier alpha value is -2.91. The zero-order chi connectivity index (χ0) is 19.1. The van der Waals surface area contributed by atoms with Gasteiger partial charge in [-0.1, -0.05) is 59.5 Å². The van der Waals surface area contributed by atoms with Crippen molar-refractivity contribution in [2.24, 2.45) is 0 Å². The van der Waals surface area contributed by atoms with Gasteiger partial charge in [-0.2, -0.15) is 0 Å². The molecule has 0 bridgehead atoms. The molecule has 2 aromatic heterocycles. The first kappa shape index (κ1) is 17.2. The van der Waals surface area contributed by atoms with E-state index in [2.05, 4.69) is 50.0 Å². The molecule has 4 aromatic rings. The van der Waals surface area contributed by atoms with Crippen LogP contribution in [0.2, 0.25) is 0 Å². The van der Waals surface area contributed by atoms with Gasteiger partial charge in [0, 0.05) is 28.7 Å². The van der Waals surface area contributed by atoms with Gasteiger partial charge in [-0.15, -0.1) is 20.4 Å². The molecule has 2 aromatic carbocycles. The van der Waals surface area contributed by atoms with Crippen LogP contribution in [0.1, 0.15) is 11.4 Å². The molecule has 1 amide bonds. The fourth-order valence-corrected chi connectivity index (χ4v) is 4.57. The fourth-order valence-electron chi connectivity index (χ4n) is 3.24. The van der Waals surface area contributed by atoms with Crippen molar-refractivity contribution in [3.05, 3.63) is 41.4 Å². The SMILES string of the molecule is Cc1nnc(NC(=O)CCSc2nnc3c(n2)-c2cccc4cccc-3c24)s1. The Labute approximate surface area is 168 Å². The average Bonchev–Trinajstić information content (AvgIpc) is 3.25. The summed E-state index contributed by atoms with van der Waals surface area (Å²) in [6, 6.07) is 12.4. The van der Waals surface area contributed by atoms with Crippen molar-refractivity contribution in [1.29, 1.82) is 0 Å². The molecule has 0 fully saturated rings. The third-order valence-corrected chi connectivity index (χ3v) is 6.01. The van der Waals surface area contributed by atoms with Crippen molar-refractivity contribution >= 4 is 44.9 Å². The Morgan fingerprint density at radius 1 is 1.04 bits per heavy atom. The van der Waals surface area contributed by atoms with Gasteiger partial charge in [0.1, 0.15) is 16.4 Å². The number of carbonyl (C=O) groups excluding carboxylic acids is 1. The van der Waals surface area contributed by atoms with Crippen molar-refractivity contribution in [3.63, 3.8) is 0 Å². The molecule has 1 N–H and O–H groups in total. The molecular weight excluding hydrogens is 392 g/mol. The molecule has 0 spiro atoms. The highest BCUT2D eigenvalue weighted by atomic mass is 32.2. The predicted octanol–water partition coefficient (Wildman–Crippen LogP) is 3.95. The Morgan fingerprint density at radius 2 is 1.82 bits per heavy atom. The zero-order valence-electron chi connectivity index (χ0n) is 14.8.